The van der Waals surface area contributed by atoms with E-state index in [1.807, 2.05) is 0 Å². The van der Waals surface area contributed by atoms with E-state index in [-0.39, 0.29) is 11.4 Å². The van der Waals surface area contributed by atoms with Crippen molar-refractivity contribution in [3.05, 3.63) is 27.6 Å². The summed E-state index contributed by atoms with van der Waals surface area (Å²) in [4.78, 5) is 13.1. The zero-order chi connectivity index (χ0) is 10.9. The van der Waals surface area contributed by atoms with Crippen LogP contribution in [0.25, 0.3) is 0 Å². The summed E-state index contributed by atoms with van der Waals surface area (Å²) in [6.07, 6.45) is -2.18. The summed E-state index contributed by atoms with van der Waals surface area (Å²) in [7, 11) is 0. The predicted octanol–water partition coefficient (Wildman–Crippen LogP) is 1.82. The van der Waals surface area contributed by atoms with Gasteiger partial charge < -0.3 is 5.73 Å². The van der Waals surface area contributed by atoms with Crippen molar-refractivity contribution in [2.24, 2.45) is 0 Å². The molecule has 0 atom stereocenters. The molecule has 1 aromatic heterocycles. The first kappa shape index (κ1) is 10.3. The molecular formula is C7H7F2N3O2. The lowest BCUT2D eigenvalue weighted by Gasteiger charge is -2.05. The first-order valence-electron chi connectivity index (χ1n) is 3.62. The molecule has 0 aliphatic carbocycles. The fourth-order valence-electron chi connectivity index (χ4n) is 0.987. The molecule has 0 radical (unpaired) electrons. The number of nitrogens with zero attached hydrogens (tertiary/aromatic N) is 2. The molecule has 2 N–H and O–H groups in total. The van der Waals surface area contributed by atoms with Gasteiger partial charge in [0.1, 0.15) is 11.3 Å². The van der Waals surface area contributed by atoms with Gasteiger partial charge in [0, 0.05) is 6.20 Å². The highest BCUT2D eigenvalue weighted by Gasteiger charge is 2.26. The Labute approximate surface area is 77.7 Å². The minimum atomic E-state index is -2.95. The average molecular weight is 203 g/mol. The third-order valence-electron chi connectivity index (χ3n) is 1.73. The minimum Gasteiger partial charge on any atom is -0.392 e. The van der Waals surface area contributed by atoms with E-state index in [1.165, 1.54) is 6.92 Å². The number of hydrogen-bond donors (Lipinski definition) is 1. The fraction of sp³-hybridized carbons (Fsp3) is 0.286. The normalized spacial score (nSPS) is 10.6. The number of nitro groups is 1. The van der Waals surface area contributed by atoms with Crippen LogP contribution in [0.15, 0.2) is 6.20 Å². The second-order valence-corrected chi connectivity index (χ2v) is 2.62. The summed E-state index contributed by atoms with van der Waals surface area (Å²) < 4.78 is 24.6. The molecule has 0 bridgehead atoms. The van der Waals surface area contributed by atoms with Crippen LogP contribution in [0.3, 0.4) is 0 Å². The number of aromatic nitrogens is 1. The number of anilines is 1. The Morgan fingerprint density at radius 3 is 2.64 bits per heavy atom. The van der Waals surface area contributed by atoms with Crippen molar-refractivity contribution in [1.29, 1.82) is 0 Å². The van der Waals surface area contributed by atoms with Crippen LogP contribution in [0, 0.1) is 17.0 Å². The van der Waals surface area contributed by atoms with E-state index in [0.717, 1.165) is 6.20 Å². The largest absolute Gasteiger partial charge is 0.392 e. The lowest BCUT2D eigenvalue weighted by atomic mass is 10.2. The molecule has 0 aliphatic heterocycles. The molecule has 1 rings (SSSR count). The van der Waals surface area contributed by atoms with E-state index in [1.54, 1.807) is 0 Å². The summed E-state index contributed by atoms with van der Waals surface area (Å²) in [6, 6.07) is 0. The molecule has 0 unspecified atom stereocenters. The molecule has 0 aliphatic rings. The van der Waals surface area contributed by atoms with Gasteiger partial charge in [0.25, 0.3) is 6.43 Å². The molecule has 0 saturated heterocycles. The van der Waals surface area contributed by atoms with E-state index >= 15 is 0 Å². The van der Waals surface area contributed by atoms with Gasteiger partial charge in [-0.05, 0) is 6.92 Å². The van der Waals surface area contributed by atoms with E-state index in [4.69, 9.17) is 5.73 Å². The molecular weight excluding hydrogens is 196 g/mol. The number of nitrogens with two attached hydrogens (primary N) is 1. The van der Waals surface area contributed by atoms with Crippen LogP contribution in [-0.4, -0.2) is 9.91 Å². The van der Waals surface area contributed by atoms with E-state index in [9.17, 15) is 18.9 Å². The topological polar surface area (TPSA) is 82.0 Å². The highest BCUT2D eigenvalue weighted by atomic mass is 19.3. The summed E-state index contributed by atoms with van der Waals surface area (Å²) >= 11 is 0. The number of nitrogen functional groups attached to an aromatic ring is 1. The Balaban J connectivity index is 3.45. The first-order valence-corrected chi connectivity index (χ1v) is 3.62. The van der Waals surface area contributed by atoms with Crippen LogP contribution in [0.1, 0.15) is 17.7 Å². The van der Waals surface area contributed by atoms with Crippen molar-refractivity contribution in [2.45, 2.75) is 13.3 Å². The Hall–Kier alpha value is -1.79. The van der Waals surface area contributed by atoms with Crippen molar-refractivity contribution in [1.82, 2.24) is 4.98 Å². The summed E-state index contributed by atoms with van der Waals surface area (Å²) in [5, 5.41) is 10.5. The number of hydrogen-bond acceptors (Lipinski definition) is 4. The van der Waals surface area contributed by atoms with Crippen LogP contribution in [-0.2, 0) is 0 Å². The summed E-state index contributed by atoms with van der Waals surface area (Å²) in [6.45, 7) is 1.41. The zero-order valence-electron chi connectivity index (χ0n) is 7.20. The van der Waals surface area contributed by atoms with Crippen molar-refractivity contribution < 1.29 is 13.7 Å². The van der Waals surface area contributed by atoms with Gasteiger partial charge in [-0.2, -0.15) is 0 Å². The van der Waals surface area contributed by atoms with Gasteiger partial charge in [-0.25, -0.2) is 8.78 Å². The Morgan fingerprint density at radius 1 is 1.64 bits per heavy atom. The Kier molecular flexibility index (Phi) is 2.59. The highest BCUT2D eigenvalue weighted by Crippen LogP contribution is 2.33. The molecule has 14 heavy (non-hydrogen) atoms. The van der Waals surface area contributed by atoms with Gasteiger partial charge >= 0.3 is 5.69 Å². The summed E-state index contributed by atoms with van der Waals surface area (Å²) in [5.74, 6) is 0. The SMILES string of the molecule is Cc1ncc(C(F)F)c([N+](=O)[O-])c1N. The van der Waals surface area contributed by atoms with Crippen LogP contribution in [0.5, 0.6) is 0 Å². The number of pyridine rings is 1. The molecule has 0 fully saturated rings. The number of aryl methyl sites for hydroxylation is 1. The van der Waals surface area contributed by atoms with Gasteiger partial charge in [-0.3, -0.25) is 15.1 Å². The zero-order valence-corrected chi connectivity index (χ0v) is 7.20. The maximum Gasteiger partial charge on any atom is 0.304 e. The number of halogens is 2. The van der Waals surface area contributed by atoms with Gasteiger partial charge in [-0.1, -0.05) is 0 Å². The maximum atomic E-state index is 12.3. The smallest absolute Gasteiger partial charge is 0.304 e. The lowest BCUT2D eigenvalue weighted by Crippen LogP contribution is -2.04. The van der Waals surface area contributed by atoms with Gasteiger partial charge in [0.2, 0.25) is 0 Å². The van der Waals surface area contributed by atoms with Gasteiger partial charge in [-0.15, -0.1) is 0 Å². The Bertz CT molecular complexity index is 381. The quantitative estimate of drug-likeness (QED) is 0.587. The van der Waals surface area contributed by atoms with E-state index < -0.39 is 22.6 Å². The average Bonchev–Trinajstić information content (AvgIpc) is 2.08. The highest BCUT2D eigenvalue weighted by molar-refractivity contribution is 5.64. The molecule has 5 nitrogen and oxygen atoms in total. The Morgan fingerprint density at radius 2 is 2.21 bits per heavy atom. The third kappa shape index (κ3) is 1.61. The molecule has 0 aromatic carbocycles. The predicted molar refractivity (Wildman–Crippen MR) is 45.0 cm³/mol. The third-order valence-corrected chi connectivity index (χ3v) is 1.73. The van der Waals surface area contributed by atoms with Crippen molar-refractivity contribution in [3.63, 3.8) is 0 Å². The van der Waals surface area contributed by atoms with Crippen molar-refractivity contribution >= 4 is 11.4 Å². The standard InChI is InChI=1S/C7H7F2N3O2/c1-3-5(10)6(12(13)14)4(2-11-3)7(8)9/h2,7H,10H2,1H3. The maximum absolute atomic E-state index is 12.3. The van der Waals surface area contributed by atoms with E-state index in [2.05, 4.69) is 4.98 Å². The first-order chi connectivity index (χ1) is 6.45. The molecule has 0 saturated carbocycles. The minimum absolute atomic E-state index is 0.168. The lowest BCUT2D eigenvalue weighted by molar-refractivity contribution is -0.385. The second-order valence-electron chi connectivity index (χ2n) is 2.62. The van der Waals surface area contributed by atoms with Crippen LogP contribution in [0.4, 0.5) is 20.2 Å². The van der Waals surface area contributed by atoms with Gasteiger partial charge in [0.15, 0.2) is 0 Å². The van der Waals surface area contributed by atoms with Gasteiger partial charge in [0.05, 0.1) is 10.6 Å². The van der Waals surface area contributed by atoms with Crippen LogP contribution in [0.2, 0.25) is 0 Å². The van der Waals surface area contributed by atoms with Crippen LogP contribution < -0.4 is 5.73 Å². The number of alkyl halides is 2. The van der Waals surface area contributed by atoms with E-state index in [0.29, 0.717) is 0 Å². The molecule has 1 heterocycles. The second kappa shape index (κ2) is 3.52. The monoisotopic (exact) mass is 203 g/mol. The fourth-order valence-corrected chi connectivity index (χ4v) is 0.987. The van der Waals surface area contributed by atoms with Crippen molar-refractivity contribution in [2.75, 3.05) is 5.73 Å². The van der Waals surface area contributed by atoms with Crippen molar-refractivity contribution in [3.8, 4) is 0 Å². The molecule has 76 valence electrons. The molecule has 0 spiro atoms. The molecule has 7 heteroatoms. The summed E-state index contributed by atoms with van der Waals surface area (Å²) in [5.41, 5.74) is 3.63. The number of rotatable bonds is 2. The van der Waals surface area contributed by atoms with Crippen LogP contribution >= 0.6 is 0 Å². The molecule has 0 amide bonds. The molecule has 1 aromatic rings.